The molecule has 0 aliphatic carbocycles. The van der Waals surface area contributed by atoms with Gasteiger partial charge in [0.05, 0.1) is 48.9 Å². The maximum Gasteiger partial charge on any atom is 0.255 e. The molecule has 198 valence electrons. The van der Waals surface area contributed by atoms with Crippen molar-refractivity contribution >= 4 is 35.3 Å². The van der Waals surface area contributed by atoms with Crippen LogP contribution in [0.25, 0.3) is 0 Å². The van der Waals surface area contributed by atoms with E-state index in [1.165, 1.54) is 22.2 Å². The van der Waals surface area contributed by atoms with E-state index in [9.17, 15) is 9.59 Å². The lowest BCUT2D eigenvalue weighted by Crippen LogP contribution is -2.35. The Hall–Kier alpha value is -2.22. The molecule has 2 rings (SSSR count). The van der Waals surface area contributed by atoms with Crippen molar-refractivity contribution in [2.75, 3.05) is 64.1 Å². The average Bonchev–Trinajstić information content (AvgIpc) is 2.90. The third-order valence-corrected chi connectivity index (χ3v) is 7.31. The summed E-state index contributed by atoms with van der Waals surface area (Å²) in [6.45, 7) is 0.0113. The summed E-state index contributed by atoms with van der Waals surface area (Å²) in [5.41, 5.74) is 2.60. The molecule has 0 aromatic carbocycles. The molecule has 2 aromatic rings. The molecule has 0 aliphatic rings. The number of hydrogen-bond acceptors (Lipinski definition) is 10. The monoisotopic (exact) mass is 538 g/mol. The lowest BCUT2D eigenvalue weighted by Gasteiger charge is -2.20. The van der Waals surface area contributed by atoms with Crippen LogP contribution in [-0.4, -0.2) is 116 Å². The highest BCUT2D eigenvalue weighted by Gasteiger charge is 2.16. The minimum Gasteiger partial charge on any atom is -0.395 e. The van der Waals surface area contributed by atoms with Gasteiger partial charge in [0, 0.05) is 61.6 Å². The molecule has 0 unspecified atom stereocenters. The summed E-state index contributed by atoms with van der Waals surface area (Å²) in [6.07, 6.45) is 3.06. The van der Waals surface area contributed by atoms with E-state index in [-0.39, 0.29) is 64.4 Å². The number of aliphatic hydroxyl groups is 4. The fourth-order valence-electron chi connectivity index (χ4n) is 3.22. The summed E-state index contributed by atoms with van der Waals surface area (Å²) in [5, 5.41) is 36.3. The van der Waals surface area contributed by atoms with Crippen LogP contribution in [0.4, 0.5) is 0 Å². The Labute approximate surface area is 219 Å². The molecule has 0 aliphatic heterocycles. The highest BCUT2D eigenvalue weighted by molar-refractivity contribution is 8.02. The molecule has 36 heavy (non-hydrogen) atoms. The zero-order valence-corrected chi connectivity index (χ0v) is 21.8. The van der Waals surface area contributed by atoms with Gasteiger partial charge in [-0.1, -0.05) is 0 Å². The quantitative estimate of drug-likeness (QED) is 0.210. The SMILES string of the molecule is O=C(c1ccc(CSCCSCc2ccc(C(=O)N(CCO)CCO)cn2)nc1)N(CCO)CCO. The standard InChI is InChI=1S/C24H34N4O6S2/c29-9-5-27(6-10-30)23(33)19-1-3-21(25-15-19)17-35-13-14-36-18-22-4-2-20(16-26-22)24(34)28(7-11-31)8-12-32/h1-4,15-16,29-32H,5-14,17-18H2. The molecule has 0 atom stereocenters. The maximum absolute atomic E-state index is 12.4. The van der Waals surface area contributed by atoms with Gasteiger partial charge in [0.2, 0.25) is 0 Å². The Balaban J connectivity index is 1.70. The van der Waals surface area contributed by atoms with E-state index in [1.807, 2.05) is 12.1 Å². The lowest BCUT2D eigenvalue weighted by molar-refractivity contribution is 0.0680. The van der Waals surface area contributed by atoms with Gasteiger partial charge in [-0.3, -0.25) is 19.6 Å². The normalized spacial score (nSPS) is 10.9. The van der Waals surface area contributed by atoms with Gasteiger partial charge in [0.1, 0.15) is 0 Å². The van der Waals surface area contributed by atoms with Crippen LogP contribution < -0.4 is 0 Å². The zero-order valence-electron chi connectivity index (χ0n) is 20.2. The van der Waals surface area contributed by atoms with Gasteiger partial charge < -0.3 is 30.2 Å². The molecule has 2 amide bonds. The van der Waals surface area contributed by atoms with E-state index in [1.54, 1.807) is 35.7 Å². The van der Waals surface area contributed by atoms with Crippen molar-refractivity contribution in [1.82, 2.24) is 19.8 Å². The van der Waals surface area contributed by atoms with Crippen LogP contribution in [0.5, 0.6) is 0 Å². The number of rotatable bonds is 17. The number of amides is 2. The van der Waals surface area contributed by atoms with E-state index in [2.05, 4.69) is 9.97 Å². The van der Waals surface area contributed by atoms with Crippen LogP contribution in [0.3, 0.4) is 0 Å². The summed E-state index contributed by atoms with van der Waals surface area (Å²) in [6, 6.07) is 7.07. The first kappa shape index (κ1) is 30.0. The van der Waals surface area contributed by atoms with E-state index < -0.39 is 0 Å². The van der Waals surface area contributed by atoms with Crippen LogP contribution in [0.15, 0.2) is 36.7 Å². The molecule has 2 aromatic heterocycles. The van der Waals surface area contributed by atoms with Gasteiger partial charge in [-0.05, 0) is 24.3 Å². The predicted molar refractivity (Wildman–Crippen MR) is 141 cm³/mol. The summed E-state index contributed by atoms with van der Waals surface area (Å²) in [4.78, 5) is 36.4. The first-order chi connectivity index (χ1) is 17.5. The van der Waals surface area contributed by atoms with Crippen molar-refractivity contribution in [2.24, 2.45) is 0 Å². The maximum atomic E-state index is 12.4. The van der Waals surface area contributed by atoms with Crippen LogP contribution in [-0.2, 0) is 11.5 Å². The molecule has 12 heteroatoms. The smallest absolute Gasteiger partial charge is 0.255 e. The van der Waals surface area contributed by atoms with Crippen molar-refractivity contribution in [3.63, 3.8) is 0 Å². The minimum atomic E-state index is -0.264. The molecule has 0 spiro atoms. The molecular formula is C24H34N4O6S2. The second-order valence-corrected chi connectivity index (χ2v) is 9.87. The number of carbonyl (C=O) groups is 2. The zero-order chi connectivity index (χ0) is 26.2. The van der Waals surface area contributed by atoms with Crippen LogP contribution >= 0.6 is 23.5 Å². The summed E-state index contributed by atoms with van der Waals surface area (Å²) < 4.78 is 0. The van der Waals surface area contributed by atoms with Gasteiger partial charge in [-0.25, -0.2) is 0 Å². The fraction of sp³-hybridized carbons (Fsp3) is 0.500. The molecule has 0 bridgehead atoms. The molecule has 4 N–H and O–H groups in total. The Morgan fingerprint density at radius 3 is 1.28 bits per heavy atom. The summed E-state index contributed by atoms with van der Waals surface area (Å²) >= 11 is 3.48. The second-order valence-electron chi connectivity index (χ2n) is 7.66. The van der Waals surface area contributed by atoms with E-state index >= 15 is 0 Å². The summed E-state index contributed by atoms with van der Waals surface area (Å²) in [5.74, 6) is 2.75. The third kappa shape index (κ3) is 10.0. The van der Waals surface area contributed by atoms with E-state index in [0.717, 1.165) is 34.4 Å². The second kappa shape index (κ2) is 17.3. The Bertz CT molecular complexity index is 830. The highest BCUT2D eigenvalue weighted by Crippen LogP contribution is 2.17. The van der Waals surface area contributed by atoms with Gasteiger partial charge in [0.25, 0.3) is 11.8 Å². The number of carbonyl (C=O) groups excluding carboxylic acids is 2. The van der Waals surface area contributed by atoms with Crippen molar-refractivity contribution < 1.29 is 30.0 Å². The third-order valence-electron chi connectivity index (χ3n) is 5.07. The Kier molecular flexibility index (Phi) is 14.4. The first-order valence-electron chi connectivity index (χ1n) is 11.6. The van der Waals surface area contributed by atoms with Crippen LogP contribution in [0, 0.1) is 0 Å². The molecule has 0 saturated heterocycles. The van der Waals surface area contributed by atoms with Gasteiger partial charge >= 0.3 is 0 Å². The highest BCUT2D eigenvalue weighted by atomic mass is 32.2. The number of pyridine rings is 2. The number of thioether (sulfide) groups is 2. The minimum absolute atomic E-state index is 0.164. The Morgan fingerprint density at radius 2 is 1.00 bits per heavy atom. The first-order valence-corrected chi connectivity index (χ1v) is 13.9. The molecule has 0 radical (unpaired) electrons. The average molecular weight is 539 g/mol. The topological polar surface area (TPSA) is 147 Å². The number of hydrogen-bond donors (Lipinski definition) is 4. The van der Waals surface area contributed by atoms with Crippen LogP contribution in [0.1, 0.15) is 32.1 Å². The number of aromatic nitrogens is 2. The fourth-order valence-corrected chi connectivity index (χ4v) is 5.21. The summed E-state index contributed by atoms with van der Waals surface area (Å²) in [7, 11) is 0. The molecule has 10 nitrogen and oxygen atoms in total. The molecular weight excluding hydrogens is 504 g/mol. The number of aliphatic hydroxyl groups excluding tert-OH is 4. The van der Waals surface area contributed by atoms with E-state index in [4.69, 9.17) is 20.4 Å². The van der Waals surface area contributed by atoms with E-state index in [0.29, 0.717) is 11.1 Å². The van der Waals surface area contributed by atoms with Crippen molar-refractivity contribution in [1.29, 1.82) is 0 Å². The van der Waals surface area contributed by atoms with Crippen molar-refractivity contribution in [3.8, 4) is 0 Å². The molecule has 2 heterocycles. The number of nitrogens with zero attached hydrogens (tertiary/aromatic N) is 4. The largest absolute Gasteiger partial charge is 0.395 e. The molecule has 0 fully saturated rings. The van der Waals surface area contributed by atoms with Gasteiger partial charge in [0.15, 0.2) is 0 Å². The van der Waals surface area contributed by atoms with Gasteiger partial charge in [-0.2, -0.15) is 23.5 Å². The Morgan fingerprint density at radius 1 is 0.639 bits per heavy atom. The van der Waals surface area contributed by atoms with Crippen molar-refractivity contribution in [3.05, 3.63) is 59.2 Å². The molecule has 0 saturated carbocycles. The predicted octanol–water partition coefficient (Wildman–Crippen LogP) is 0.497. The van der Waals surface area contributed by atoms with Crippen LogP contribution in [0.2, 0.25) is 0 Å². The van der Waals surface area contributed by atoms with Crippen molar-refractivity contribution in [2.45, 2.75) is 11.5 Å². The van der Waals surface area contributed by atoms with Gasteiger partial charge in [-0.15, -0.1) is 0 Å². The lowest BCUT2D eigenvalue weighted by atomic mass is 10.2.